The number of benzene rings is 1. The van der Waals surface area contributed by atoms with Crippen LogP contribution in [0.3, 0.4) is 0 Å². The maximum Gasteiger partial charge on any atom is 0.208 e. The van der Waals surface area contributed by atoms with Crippen LogP contribution in [0.2, 0.25) is 0 Å². The lowest BCUT2D eigenvalue weighted by molar-refractivity contribution is 0.729. The van der Waals surface area contributed by atoms with Crippen LogP contribution in [0.5, 0.6) is 0 Å². The lowest BCUT2D eigenvalue weighted by atomic mass is 10.0. The summed E-state index contributed by atoms with van der Waals surface area (Å²) >= 11 is 4.27. The molecule has 3 nitrogen and oxygen atoms in total. The first-order chi connectivity index (χ1) is 9.72. The maximum atomic E-state index is 13.1. The number of nitrogens with zero attached hydrogens (tertiary/aromatic N) is 1. The van der Waals surface area contributed by atoms with E-state index in [1.807, 2.05) is 42.6 Å². The van der Waals surface area contributed by atoms with Gasteiger partial charge in [0.25, 0.3) is 0 Å². The fourth-order valence-corrected chi connectivity index (χ4v) is 2.26. The van der Waals surface area contributed by atoms with Gasteiger partial charge in [-0.15, -0.1) is 12.6 Å². The van der Waals surface area contributed by atoms with Crippen LogP contribution in [0.25, 0.3) is 0 Å². The number of dihydropyridines is 1. The average Bonchev–Trinajstić information content (AvgIpc) is 2.48. The van der Waals surface area contributed by atoms with E-state index < -0.39 is 5.97 Å². The monoisotopic (exact) mass is 287 g/mol. The topological polar surface area (TPSA) is 36.4 Å². The zero-order valence-corrected chi connectivity index (χ0v) is 11.6. The Morgan fingerprint density at radius 1 is 1.20 bits per heavy atom. The minimum Gasteiger partial charge on any atom is -0.381 e. The Balaban J connectivity index is 1.74. The van der Waals surface area contributed by atoms with E-state index in [0.29, 0.717) is 5.70 Å². The van der Waals surface area contributed by atoms with Gasteiger partial charge in [-0.1, -0.05) is 24.3 Å². The number of halogens is 1. The van der Waals surface area contributed by atoms with Crippen LogP contribution in [0.4, 0.5) is 4.39 Å². The normalized spacial score (nSPS) is 21.3. The molecule has 0 amide bonds. The predicted molar refractivity (Wildman–Crippen MR) is 81.4 cm³/mol. The third kappa shape index (κ3) is 2.77. The van der Waals surface area contributed by atoms with Gasteiger partial charge in [0.05, 0.1) is 18.3 Å². The molecule has 2 N–H and O–H groups in total. The van der Waals surface area contributed by atoms with Gasteiger partial charge >= 0.3 is 0 Å². The van der Waals surface area contributed by atoms with Crippen LogP contribution in [-0.4, -0.2) is 12.5 Å². The van der Waals surface area contributed by atoms with Gasteiger partial charge in [-0.25, -0.2) is 4.99 Å². The molecule has 0 spiro atoms. The first kappa shape index (κ1) is 13.0. The van der Waals surface area contributed by atoms with Crippen LogP contribution in [-0.2, 0) is 0 Å². The second kappa shape index (κ2) is 5.54. The number of thiol groups is 1. The lowest BCUT2D eigenvalue weighted by Gasteiger charge is -2.20. The molecule has 2 aliphatic heterocycles. The molecule has 0 aromatic heterocycles. The summed E-state index contributed by atoms with van der Waals surface area (Å²) in [5.41, 5.74) is 2.61. The highest BCUT2D eigenvalue weighted by Gasteiger charge is 2.14. The molecule has 0 saturated heterocycles. The van der Waals surface area contributed by atoms with Crippen molar-refractivity contribution in [2.24, 2.45) is 4.99 Å². The van der Waals surface area contributed by atoms with Crippen molar-refractivity contribution in [1.29, 1.82) is 0 Å². The summed E-state index contributed by atoms with van der Waals surface area (Å²) in [5, 5.41) is 6.14. The van der Waals surface area contributed by atoms with Crippen molar-refractivity contribution < 1.29 is 4.39 Å². The molecule has 1 atom stereocenters. The van der Waals surface area contributed by atoms with Gasteiger partial charge in [-0.3, -0.25) is 0 Å². The standard InChI is InChI=1S/C15H14FN3S/c16-15-9-17-8-14(19-15)11-3-6-13(18-7-11)10-1-4-12(20)5-2-10/h1-8,13,17-18,20H,9H2. The van der Waals surface area contributed by atoms with E-state index in [1.165, 1.54) is 0 Å². The third-order valence-corrected chi connectivity index (χ3v) is 3.46. The summed E-state index contributed by atoms with van der Waals surface area (Å²) in [6.07, 6.45) is 7.56. The Hall–Kier alpha value is -2.01. The van der Waals surface area contributed by atoms with Gasteiger partial charge in [0.15, 0.2) is 0 Å². The Labute approximate surface area is 122 Å². The molecule has 0 fully saturated rings. The molecule has 2 heterocycles. The molecule has 2 aliphatic rings. The van der Waals surface area contributed by atoms with Crippen LogP contribution in [0.1, 0.15) is 11.6 Å². The molecule has 20 heavy (non-hydrogen) atoms. The summed E-state index contributed by atoms with van der Waals surface area (Å²) in [6, 6.07) is 8.09. The molecule has 1 aromatic rings. The van der Waals surface area contributed by atoms with Crippen molar-refractivity contribution in [3.8, 4) is 0 Å². The van der Waals surface area contributed by atoms with E-state index in [0.717, 1.165) is 16.0 Å². The number of aliphatic imine (C=N–C) groups is 1. The summed E-state index contributed by atoms with van der Waals surface area (Å²) in [6.45, 7) is 0.159. The Morgan fingerprint density at radius 3 is 2.65 bits per heavy atom. The number of hydrogen-bond acceptors (Lipinski definition) is 4. The van der Waals surface area contributed by atoms with Crippen LogP contribution in [0.15, 0.2) is 70.0 Å². The van der Waals surface area contributed by atoms with Crippen LogP contribution >= 0.6 is 12.6 Å². The predicted octanol–water partition coefficient (Wildman–Crippen LogP) is 2.87. The quantitative estimate of drug-likeness (QED) is 0.732. The largest absolute Gasteiger partial charge is 0.381 e. The van der Waals surface area contributed by atoms with Crippen molar-refractivity contribution in [1.82, 2.24) is 10.6 Å². The molecule has 0 radical (unpaired) electrons. The molecule has 1 unspecified atom stereocenters. The molecule has 3 rings (SSSR count). The number of hydrogen-bond donors (Lipinski definition) is 3. The van der Waals surface area contributed by atoms with Gasteiger partial charge in [0.2, 0.25) is 5.97 Å². The Bertz CT molecular complexity index is 629. The molecule has 0 saturated carbocycles. The first-order valence-electron chi connectivity index (χ1n) is 6.33. The van der Waals surface area contributed by atoms with Crippen LogP contribution < -0.4 is 10.6 Å². The van der Waals surface area contributed by atoms with E-state index in [-0.39, 0.29) is 12.6 Å². The van der Waals surface area contributed by atoms with E-state index in [2.05, 4.69) is 28.3 Å². The van der Waals surface area contributed by atoms with E-state index in [9.17, 15) is 4.39 Å². The van der Waals surface area contributed by atoms with Crippen LogP contribution in [0, 0.1) is 0 Å². The summed E-state index contributed by atoms with van der Waals surface area (Å²) in [7, 11) is 0. The highest BCUT2D eigenvalue weighted by molar-refractivity contribution is 7.80. The van der Waals surface area contributed by atoms with E-state index in [1.54, 1.807) is 6.20 Å². The van der Waals surface area contributed by atoms with Gasteiger partial charge < -0.3 is 10.6 Å². The lowest BCUT2D eigenvalue weighted by Crippen LogP contribution is -2.21. The summed E-state index contributed by atoms with van der Waals surface area (Å²) < 4.78 is 13.1. The molecular weight excluding hydrogens is 273 g/mol. The summed E-state index contributed by atoms with van der Waals surface area (Å²) in [5.74, 6) is -0.400. The van der Waals surface area contributed by atoms with Crippen molar-refractivity contribution in [3.63, 3.8) is 0 Å². The second-order valence-corrected chi connectivity index (χ2v) is 5.11. The average molecular weight is 287 g/mol. The minimum absolute atomic E-state index is 0.110. The van der Waals surface area contributed by atoms with Crippen molar-refractivity contribution in [2.75, 3.05) is 6.54 Å². The van der Waals surface area contributed by atoms with Gasteiger partial charge in [-0.2, -0.15) is 4.39 Å². The van der Waals surface area contributed by atoms with Crippen molar-refractivity contribution >= 4 is 18.6 Å². The zero-order chi connectivity index (χ0) is 13.9. The molecule has 1 aromatic carbocycles. The van der Waals surface area contributed by atoms with Gasteiger partial charge in [0, 0.05) is 22.9 Å². The van der Waals surface area contributed by atoms with Crippen molar-refractivity contribution in [2.45, 2.75) is 10.9 Å². The number of rotatable bonds is 2. The minimum atomic E-state index is -0.400. The molecular formula is C15H14FN3S. The first-order valence-corrected chi connectivity index (χ1v) is 6.77. The maximum absolute atomic E-state index is 13.1. The zero-order valence-electron chi connectivity index (χ0n) is 10.7. The number of allylic oxidation sites excluding steroid dienone is 1. The fourth-order valence-electron chi connectivity index (χ4n) is 2.11. The second-order valence-electron chi connectivity index (χ2n) is 4.59. The highest BCUT2D eigenvalue weighted by atomic mass is 32.1. The molecule has 102 valence electrons. The molecule has 5 heteroatoms. The SMILES string of the molecule is FC1=NC(C2=CNC(c3ccc(S)cc3)C=C2)=CNC1. The van der Waals surface area contributed by atoms with Gasteiger partial charge in [0.1, 0.15) is 0 Å². The number of nitrogens with one attached hydrogen (secondary N) is 2. The molecule has 0 bridgehead atoms. The Morgan fingerprint density at radius 2 is 2.00 bits per heavy atom. The molecule has 0 aliphatic carbocycles. The van der Waals surface area contributed by atoms with E-state index in [4.69, 9.17) is 0 Å². The highest BCUT2D eigenvalue weighted by Crippen LogP contribution is 2.24. The smallest absolute Gasteiger partial charge is 0.208 e. The van der Waals surface area contributed by atoms with Crippen molar-refractivity contribution in [3.05, 3.63) is 65.7 Å². The fraction of sp³-hybridized carbons (Fsp3) is 0.133. The third-order valence-electron chi connectivity index (χ3n) is 3.16. The Kier molecular flexibility index (Phi) is 3.60. The van der Waals surface area contributed by atoms with E-state index >= 15 is 0 Å². The van der Waals surface area contributed by atoms with Gasteiger partial charge in [-0.05, 0) is 17.7 Å². The summed E-state index contributed by atoms with van der Waals surface area (Å²) in [4.78, 5) is 4.83.